The van der Waals surface area contributed by atoms with E-state index in [9.17, 15) is 4.79 Å². The van der Waals surface area contributed by atoms with Crippen LogP contribution in [0.2, 0.25) is 0 Å². The Labute approximate surface area is 118 Å². The molecular formula is C16H18N2O2. The number of nitrogen functional groups attached to an aromatic ring is 1. The number of nitrogens with two attached hydrogens (primary N) is 1. The highest BCUT2D eigenvalue weighted by molar-refractivity contribution is 6.00. The van der Waals surface area contributed by atoms with E-state index in [0.717, 1.165) is 11.3 Å². The van der Waals surface area contributed by atoms with Crippen molar-refractivity contribution >= 4 is 23.0 Å². The minimum Gasteiger partial charge on any atom is -0.465 e. The maximum Gasteiger partial charge on any atom is 0.340 e. The number of aryl methyl sites for hydroxylation is 1. The van der Waals surface area contributed by atoms with Crippen LogP contribution in [0.4, 0.5) is 17.1 Å². The largest absolute Gasteiger partial charge is 0.465 e. The zero-order chi connectivity index (χ0) is 14.7. The van der Waals surface area contributed by atoms with Gasteiger partial charge < -0.3 is 15.4 Å². The fraction of sp³-hybridized carbons (Fsp3) is 0.188. The summed E-state index contributed by atoms with van der Waals surface area (Å²) in [5.74, 6) is -0.396. The third kappa shape index (κ3) is 2.59. The van der Waals surface area contributed by atoms with Gasteiger partial charge in [-0.25, -0.2) is 4.79 Å². The molecule has 2 N–H and O–H groups in total. The average Bonchev–Trinajstić information content (AvgIpc) is 2.45. The van der Waals surface area contributed by atoms with E-state index in [4.69, 9.17) is 10.5 Å². The summed E-state index contributed by atoms with van der Waals surface area (Å²) < 4.78 is 4.82. The lowest BCUT2D eigenvalue weighted by molar-refractivity contribution is 0.0601. The summed E-state index contributed by atoms with van der Waals surface area (Å²) in [7, 11) is 3.24. The van der Waals surface area contributed by atoms with E-state index >= 15 is 0 Å². The summed E-state index contributed by atoms with van der Waals surface area (Å²) in [5.41, 5.74) is 9.80. The first-order valence-electron chi connectivity index (χ1n) is 6.31. The molecule has 20 heavy (non-hydrogen) atoms. The van der Waals surface area contributed by atoms with Crippen molar-refractivity contribution in [2.75, 3.05) is 24.8 Å². The van der Waals surface area contributed by atoms with Gasteiger partial charge in [0.15, 0.2) is 0 Å². The zero-order valence-electron chi connectivity index (χ0n) is 11.9. The number of hydrogen-bond donors (Lipinski definition) is 1. The Morgan fingerprint density at radius 2 is 1.90 bits per heavy atom. The lowest BCUT2D eigenvalue weighted by Crippen LogP contribution is -2.17. The van der Waals surface area contributed by atoms with Crippen LogP contribution in [-0.2, 0) is 4.74 Å². The van der Waals surface area contributed by atoms with Gasteiger partial charge in [0.25, 0.3) is 0 Å². The van der Waals surface area contributed by atoms with E-state index in [-0.39, 0.29) is 0 Å². The van der Waals surface area contributed by atoms with Gasteiger partial charge in [0.1, 0.15) is 0 Å². The second kappa shape index (κ2) is 5.65. The smallest absolute Gasteiger partial charge is 0.340 e. The van der Waals surface area contributed by atoms with Crippen molar-refractivity contribution in [1.82, 2.24) is 0 Å². The van der Waals surface area contributed by atoms with Gasteiger partial charge in [0.2, 0.25) is 0 Å². The van der Waals surface area contributed by atoms with Gasteiger partial charge in [-0.1, -0.05) is 18.2 Å². The normalized spacial score (nSPS) is 10.2. The molecule has 4 nitrogen and oxygen atoms in total. The van der Waals surface area contributed by atoms with Gasteiger partial charge in [0, 0.05) is 12.7 Å². The summed E-state index contributed by atoms with van der Waals surface area (Å²) in [6.07, 6.45) is 0. The Bertz CT molecular complexity index is 638. The summed E-state index contributed by atoms with van der Waals surface area (Å²) >= 11 is 0. The molecule has 2 rings (SSSR count). The molecule has 0 bridgehead atoms. The number of anilines is 3. The van der Waals surface area contributed by atoms with Gasteiger partial charge in [-0.05, 0) is 36.8 Å². The molecule has 0 fully saturated rings. The minimum atomic E-state index is -0.396. The number of nitrogens with zero attached hydrogens (tertiary/aromatic N) is 1. The number of para-hydroxylation sites is 1. The molecule has 0 saturated carbocycles. The maximum absolute atomic E-state index is 11.9. The monoisotopic (exact) mass is 270 g/mol. The first-order valence-corrected chi connectivity index (χ1v) is 6.31. The second-order valence-corrected chi connectivity index (χ2v) is 4.63. The Hall–Kier alpha value is -2.49. The van der Waals surface area contributed by atoms with Gasteiger partial charge >= 0.3 is 5.97 Å². The van der Waals surface area contributed by atoms with E-state index < -0.39 is 5.97 Å². The standard InChI is InChI=1S/C16H18N2O2/c1-11-6-4-7-12(10-11)18(2)15-13(16(19)20-3)8-5-9-14(15)17/h4-10H,17H2,1-3H3. The van der Waals surface area contributed by atoms with Crippen molar-refractivity contribution < 1.29 is 9.53 Å². The van der Waals surface area contributed by atoms with Gasteiger partial charge in [-0.2, -0.15) is 0 Å². The fourth-order valence-electron chi connectivity index (χ4n) is 2.18. The van der Waals surface area contributed by atoms with Gasteiger partial charge in [0.05, 0.1) is 24.0 Å². The molecule has 0 atom stereocenters. The van der Waals surface area contributed by atoms with Crippen LogP contribution in [0.1, 0.15) is 15.9 Å². The molecule has 0 unspecified atom stereocenters. The summed E-state index contributed by atoms with van der Waals surface area (Å²) in [6, 6.07) is 13.2. The van der Waals surface area contributed by atoms with Crippen LogP contribution in [0.3, 0.4) is 0 Å². The van der Waals surface area contributed by atoms with Crippen molar-refractivity contribution in [1.29, 1.82) is 0 Å². The Balaban J connectivity index is 2.54. The SMILES string of the molecule is COC(=O)c1cccc(N)c1N(C)c1cccc(C)c1. The predicted molar refractivity (Wildman–Crippen MR) is 81.4 cm³/mol. The Kier molecular flexibility index (Phi) is 3.94. The molecule has 0 heterocycles. The first kappa shape index (κ1) is 13.9. The molecule has 0 amide bonds. The number of carbonyl (C=O) groups excluding carboxylic acids is 1. The molecule has 0 aliphatic carbocycles. The van der Waals surface area contributed by atoms with Crippen LogP contribution in [0.5, 0.6) is 0 Å². The predicted octanol–water partition coefficient (Wildman–Crippen LogP) is 3.13. The van der Waals surface area contributed by atoms with Crippen LogP contribution in [0, 0.1) is 6.92 Å². The van der Waals surface area contributed by atoms with Crippen molar-refractivity contribution in [3.63, 3.8) is 0 Å². The van der Waals surface area contributed by atoms with Crippen LogP contribution in [-0.4, -0.2) is 20.1 Å². The third-order valence-corrected chi connectivity index (χ3v) is 3.20. The van der Waals surface area contributed by atoms with Crippen molar-refractivity contribution in [3.8, 4) is 0 Å². The average molecular weight is 270 g/mol. The first-order chi connectivity index (χ1) is 9.54. The van der Waals surface area contributed by atoms with Crippen LogP contribution < -0.4 is 10.6 Å². The quantitative estimate of drug-likeness (QED) is 0.687. The molecule has 104 valence electrons. The molecule has 0 aliphatic rings. The molecule has 0 saturated heterocycles. The Morgan fingerprint density at radius 3 is 2.55 bits per heavy atom. The van der Waals surface area contributed by atoms with Crippen LogP contribution in [0.15, 0.2) is 42.5 Å². The van der Waals surface area contributed by atoms with Gasteiger partial charge in [-0.15, -0.1) is 0 Å². The Morgan fingerprint density at radius 1 is 1.20 bits per heavy atom. The lowest BCUT2D eigenvalue weighted by atomic mass is 10.1. The van der Waals surface area contributed by atoms with E-state index in [1.807, 2.05) is 43.1 Å². The van der Waals surface area contributed by atoms with Crippen molar-refractivity contribution in [2.24, 2.45) is 0 Å². The van der Waals surface area contributed by atoms with E-state index in [1.165, 1.54) is 7.11 Å². The molecule has 4 heteroatoms. The number of carbonyl (C=O) groups is 1. The van der Waals surface area contributed by atoms with Gasteiger partial charge in [-0.3, -0.25) is 0 Å². The second-order valence-electron chi connectivity index (χ2n) is 4.63. The number of benzene rings is 2. The molecule has 2 aromatic rings. The van der Waals surface area contributed by atoms with E-state index in [2.05, 4.69) is 0 Å². The molecule has 0 aliphatic heterocycles. The van der Waals surface area contributed by atoms with Crippen LogP contribution >= 0.6 is 0 Å². The summed E-state index contributed by atoms with van der Waals surface area (Å²) in [4.78, 5) is 13.8. The number of rotatable bonds is 3. The van der Waals surface area contributed by atoms with E-state index in [0.29, 0.717) is 16.9 Å². The molecule has 0 aromatic heterocycles. The number of ether oxygens (including phenoxy) is 1. The van der Waals surface area contributed by atoms with Crippen molar-refractivity contribution in [2.45, 2.75) is 6.92 Å². The maximum atomic E-state index is 11.9. The summed E-state index contributed by atoms with van der Waals surface area (Å²) in [5, 5.41) is 0. The van der Waals surface area contributed by atoms with Crippen molar-refractivity contribution in [3.05, 3.63) is 53.6 Å². The van der Waals surface area contributed by atoms with Crippen LogP contribution in [0.25, 0.3) is 0 Å². The number of methoxy groups -OCH3 is 1. The summed E-state index contributed by atoms with van der Waals surface area (Å²) in [6.45, 7) is 2.02. The minimum absolute atomic E-state index is 0.396. The zero-order valence-corrected chi connectivity index (χ0v) is 11.9. The number of hydrogen-bond acceptors (Lipinski definition) is 4. The molecule has 2 aromatic carbocycles. The third-order valence-electron chi connectivity index (χ3n) is 3.20. The molecular weight excluding hydrogens is 252 g/mol. The van der Waals surface area contributed by atoms with E-state index in [1.54, 1.807) is 18.2 Å². The highest BCUT2D eigenvalue weighted by Gasteiger charge is 2.18. The topological polar surface area (TPSA) is 55.6 Å². The lowest BCUT2D eigenvalue weighted by Gasteiger charge is -2.23. The number of esters is 1. The molecule has 0 radical (unpaired) electrons. The molecule has 0 spiro atoms. The highest BCUT2D eigenvalue weighted by atomic mass is 16.5. The fourth-order valence-corrected chi connectivity index (χ4v) is 2.18. The highest BCUT2D eigenvalue weighted by Crippen LogP contribution is 2.33.